The van der Waals surface area contributed by atoms with Crippen molar-refractivity contribution in [2.75, 3.05) is 7.11 Å². The Morgan fingerprint density at radius 2 is 2.00 bits per heavy atom. The van der Waals surface area contributed by atoms with Crippen molar-refractivity contribution in [1.82, 2.24) is 0 Å². The van der Waals surface area contributed by atoms with Gasteiger partial charge in [-0.25, -0.2) is 0 Å². The summed E-state index contributed by atoms with van der Waals surface area (Å²) in [6.45, 7) is 1.88. The van der Waals surface area contributed by atoms with Gasteiger partial charge in [-0.05, 0) is 32.3 Å². The van der Waals surface area contributed by atoms with Gasteiger partial charge in [-0.2, -0.15) is 0 Å². The van der Waals surface area contributed by atoms with Crippen LogP contribution >= 0.6 is 0 Å². The molecule has 1 aliphatic heterocycles. The number of ether oxygens (including phenoxy) is 2. The van der Waals surface area contributed by atoms with Crippen LogP contribution < -0.4 is 0 Å². The maximum absolute atomic E-state index is 11.5. The fourth-order valence-electron chi connectivity index (χ4n) is 1.90. The first-order chi connectivity index (χ1) is 9.11. The number of esters is 1. The van der Waals surface area contributed by atoms with Gasteiger partial charge in [-0.3, -0.25) is 9.59 Å². The molecule has 0 amide bonds. The maximum atomic E-state index is 11.5. The topological polar surface area (TPSA) is 52.6 Å². The second-order valence-corrected chi connectivity index (χ2v) is 4.72. The van der Waals surface area contributed by atoms with Crippen molar-refractivity contribution in [2.45, 2.75) is 51.2 Å². The third kappa shape index (κ3) is 6.91. The number of carbonyl (C=O) groups is 2. The quantitative estimate of drug-likeness (QED) is 0.684. The van der Waals surface area contributed by atoms with E-state index in [1.807, 2.05) is 19.1 Å². The van der Waals surface area contributed by atoms with Gasteiger partial charge in [-0.15, -0.1) is 0 Å². The Balaban J connectivity index is 2.64. The number of rotatable bonds is 1. The Hall–Kier alpha value is -1.42. The van der Waals surface area contributed by atoms with Crippen LogP contribution in [-0.4, -0.2) is 31.1 Å². The average Bonchev–Trinajstić information content (AvgIpc) is 2.38. The molecule has 4 heteroatoms. The summed E-state index contributed by atoms with van der Waals surface area (Å²) in [6.07, 6.45) is 9.81. The predicted octanol–water partition coefficient (Wildman–Crippen LogP) is 2.58. The molecule has 19 heavy (non-hydrogen) atoms. The van der Waals surface area contributed by atoms with Crippen LogP contribution in [0.25, 0.3) is 0 Å². The Bertz CT molecular complexity index is 357. The molecular formula is C15H22O4. The van der Waals surface area contributed by atoms with Crippen LogP contribution in [0.1, 0.15) is 39.0 Å². The molecule has 1 rings (SSSR count). The van der Waals surface area contributed by atoms with Gasteiger partial charge in [0.2, 0.25) is 0 Å². The summed E-state index contributed by atoms with van der Waals surface area (Å²) in [5.41, 5.74) is 0. The highest BCUT2D eigenvalue weighted by molar-refractivity contribution is 5.92. The molecule has 0 fully saturated rings. The first-order valence-electron chi connectivity index (χ1n) is 6.71. The smallest absolute Gasteiger partial charge is 0.306 e. The van der Waals surface area contributed by atoms with Crippen LogP contribution in [-0.2, 0) is 19.1 Å². The van der Waals surface area contributed by atoms with E-state index in [0.717, 1.165) is 19.3 Å². The largest absolute Gasteiger partial charge is 0.463 e. The minimum absolute atomic E-state index is 0.0330. The van der Waals surface area contributed by atoms with Crippen LogP contribution in [0, 0.1) is 0 Å². The van der Waals surface area contributed by atoms with Crippen molar-refractivity contribution >= 4 is 11.8 Å². The summed E-state index contributed by atoms with van der Waals surface area (Å²) in [6, 6.07) is 0. The van der Waals surface area contributed by atoms with Gasteiger partial charge in [0, 0.05) is 13.5 Å². The molecule has 0 spiro atoms. The normalized spacial score (nSPS) is 26.8. The summed E-state index contributed by atoms with van der Waals surface area (Å²) in [7, 11) is 1.66. The predicted molar refractivity (Wildman–Crippen MR) is 72.7 cm³/mol. The van der Waals surface area contributed by atoms with E-state index in [4.69, 9.17) is 9.47 Å². The molecule has 0 aromatic rings. The minimum atomic E-state index is -0.301. The average molecular weight is 266 g/mol. The van der Waals surface area contributed by atoms with Gasteiger partial charge in [0.05, 0.1) is 18.6 Å². The number of ketones is 1. The summed E-state index contributed by atoms with van der Waals surface area (Å²) >= 11 is 0. The van der Waals surface area contributed by atoms with Crippen LogP contribution in [0.5, 0.6) is 0 Å². The second kappa shape index (κ2) is 8.64. The SMILES string of the molecule is CO[C@H]1C=CC=CC(=O)CCC(=O)O[C@@H](C)CCC1. The summed E-state index contributed by atoms with van der Waals surface area (Å²) in [5, 5.41) is 0. The molecule has 0 radical (unpaired) electrons. The Kier molecular flexibility index (Phi) is 7.11. The van der Waals surface area contributed by atoms with Crippen molar-refractivity contribution in [3.05, 3.63) is 24.3 Å². The maximum Gasteiger partial charge on any atom is 0.306 e. The number of methoxy groups -OCH3 is 1. The van der Waals surface area contributed by atoms with E-state index in [1.165, 1.54) is 6.08 Å². The van der Waals surface area contributed by atoms with E-state index in [1.54, 1.807) is 13.2 Å². The lowest BCUT2D eigenvalue weighted by atomic mass is 10.1. The Labute approximate surface area is 114 Å². The highest BCUT2D eigenvalue weighted by Crippen LogP contribution is 2.11. The highest BCUT2D eigenvalue weighted by Gasteiger charge is 2.12. The summed E-state index contributed by atoms with van der Waals surface area (Å²) in [4.78, 5) is 23.0. The van der Waals surface area contributed by atoms with Crippen molar-refractivity contribution < 1.29 is 19.1 Å². The Morgan fingerprint density at radius 1 is 1.21 bits per heavy atom. The fraction of sp³-hybridized carbons (Fsp3) is 0.600. The van der Waals surface area contributed by atoms with Crippen molar-refractivity contribution in [2.24, 2.45) is 0 Å². The monoisotopic (exact) mass is 266 g/mol. The van der Waals surface area contributed by atoms with E-state index in [-0.39, 0.29) is 36.8 Å². The van der Waals surface area contributed by atoms with Gasteiger partial charge in [0.1, 0.15) is 0 Å². The van der Waals surface area contributed by atoms with Gasteiger partial charge >= 0.3 is 5.97 Å². The molecule has 4 nitrogen and oxygen atoms in total. The van der Waals surface area contributed by atoms with Crippen molar-refractivity contribution in [3.8, 4) is 0 Å². The third-order valence-corrected chi connectivity index (χ3v) is 3.03. The second-order valence-electron chi connectivity index (χ2n) is 4.72. The van der Waals surface area contributed by atoms with Gasteiger partial charge in [0.15, 0.2) is 5.78 Å². The molecule has 0 unspecified atom stereocenters. The standard InChI is InChI=1S/C15H22O4/c1-12-6-5-9-14(18-2)8-4-3-7-13(16)10-11-15(17)19-12/h3-4,7-8,12,14H,5-6,9-11H2,1-2H3/t12-,14-/m0/s1. The van der Waals surface area contributed by atoms with Crippen LogP contribution in [0.4, 0.5) is 0 Å². The Morgan fingerprint density at radius 3 is 2.74 bits per heavy atom. The van der Waals surface area contributed by atoms with E-state index in [0.29, 0.717) is 0 Å². The molecule has 2 atom stereocenters. The summed E-state index contributed by atoms with van der Waals surface area (Å²) < 4.78 is 10.6. The lowest BCUT2D eigenvalue weighted by Crippen LogP contribution is -2.16. The van der Waals surface area contributed by atoms with E-state index in [9.17, 15) is 9.59 Å². The highest BCUT2D eigenvalue weighted by atomic mass is 16.5. The number of cyclic esters (lactones) is 1. The minimum Gasteiger partial charge on any atom is -0.463 e. The lowest BCUT2D eigenvalue weighted by molar-refractivity contribution is -0.149. The van der Waals surface area contributed by atoms with Gasteiger partial charge in [-0.1, -0.05) is 18.2 Å². The van der Waals surface area contributed by atoms with Gasteiger partial charge in [0.25, 0.3) is 0 Å². The molecule has 0 bridgehead atoms. The first kappa shape index (κ1) is 15.6. The van der Waals surface area contributed by atoms with Gasteiger partial charge < -0.3 is 9.47 Å². The van der Waals surface area contributed by atoms with Crippen LogP contribution in [0.2, 0.25) is 0 Å². The number of allylic oxidation sites excluding steroid dienone is 3. The lowest BCUT2D eigenvalue weighted by Gasteiger charge is -2.15. The zero-order valence-corrected chi connectivity index (χ0v) is 11.6. The van der Waals surface area contributed by atoms with E-state index in [2.05, 4.69) is 0 Å². The zero-order valence-electron chi connectivity index (χ0n) is 11.6. The number of hydrogen-bond donors (Lipinski definition) is 0. The van der Waals surface area contributed by atoms with Crippen molar-refractivity contribution in [3.63, 3.8) is 0 Å². The number of carbonyl (C=O) groups excluding carboxylic acids is 2. The van der Waals surface area contributed by atoms with Crippen LogP contribution in [0.3, 0.4) is 0 Å². The van der Waals surface area contributed by atoms with Crippen LogP contribution in [0.15, 0.2) is 24.3 Å². The molecular weight excluding hydrogens is 244 g/mol. The summed E-state index contributed by atoms with van der Waals surface area (Å²) in [5.74, 6) is -0.370. The molecule has 0 saturated heterocycles. The van der Waals surface area contributed by atoms with Crippen molar-refractivity contribution in [1.29, 1.82) is 0 Å². The fourth-order valence-corrected chi connectivity index (χ4v) is 1.90. The number of hydrogen-bond acceptors (Lipinski definition) is 4. The van der Waals surface area contributed by atoms with E-state index >= 15 is 0 Å². The molecule has 106 valence electrons. The molecule has 0 aromatic heterocycles. The molecule has 0 aliphatic carbocycles. The molecule has 1 aliphatic rings. The molecule has 0 aromatic carbocycles. The first-order valence-corrected chi connectivity index (χ1v) is 6.71. The third-order valence-electron chi connectivity index (χ3n) is 3.03. The molecule has 0 N–H and O–H groups in total. The zero-order chi connectivity index (χ0) is 14.1. The molecule has 0 saturated carbocycles. The molecule has 1 heterocycles. The van der Waals surface area contributed by atoms with E-state index < -0.39 is 0 Å².